The van der Waals surface area contributed by atoms with Crippen LogP contribution < -0.4 is 0 Å². The van der Waals surface area contributed by atoms with Crippen molar-refractivity contribution in [2.75, 3.05) is 6.67 Å². The molecule has 2 aromatic rings. The summed E-state index contributed by atoms with van der Waals surface area (Å²) >= 11 is 0. The van der Waals surface area contributed by atoms with Crippen molar-refractivity contribution in [3.8, 4) is 0 Å². The van der Waals surface area contributed by atoms with E-state index in [1.165, 1.54) is 4.90 Å². The molecule has 2 fully saturated rings. The van der Waals surface area contributed by atoms with E-state index in [9.17, 15) is 24.9 Å². The first kappa shape index (κ1) is 33.3. The van der Waals surface area contributed by atoms with Gasteiger partial charge in [-0.2, -0.15) is 0 Å². The Kier molecular flexibility index (Phi) is 12.2. The van der Waals surface area contributed by atoms with Crippen LogP contribution in [0.4, 0.5) is 9.18 Å². The largest absolute Gasteiger partial charge is 0.445 e. The number of azide groups is 3. The molecule has 1 heterocycles. The van der Waals surface area contributed by atoms with Gasteiger partial charge in [-0.3, -0.25) is 4.90 Å². The number of hydrogen-bond donors (Lipinski definition) is 2. The normalized spacial score (nSPS) is 28.3. The van der Waals surface area contributed by atoms with Gasteiger partial charge in [0.25, 0.3) is 0 Å². The molecule has 1 aliphatic heterocycles. The molecule has 1 saturated heterocycles. The Morgan fingerprint density at radius 1 is 0.911 bits per heavy atom. The van der Waals surface area contributed by atoms with E-state index in [1.807, 2.05) is 12.1 Å². The number of ether oxygens (including phenoxy) is 3. The van der Waals surface area contributed by atoms with Gasteiger partial charge < -0.3 is 24.4 Å². The van der Waals surface area contributed by atoms with Gasteiger partial charge in [0.05, 0.1) is 42.5 Å². The van der Waals surface area contributed by atoms with E-state index in [2.05, 4.69) is 30.1 Å². The van der Waals surface area contributed by atoms with Gasteiger partial charge in [-0.1, -0.05) is 76.0 Å². The van der Waals surface area contributed by atoms with Crippen molar-refractivity contribution in [2.24, 2.45) is 15.3 Å². The molecule has 1 saturated carbocycles. The maximum absolute atomic E-state index is 14.9. The minimum absolute atomic E-state index is 0.00149. The van der Waals surface area contributed by atoms with Gasteiger partial charge in [-0.25, -0.2) is 9.18 Å². The van der Waals surface area contributed by atoms with Crippen LogP contribution in [-0.2, 0) is 27.4 Å². The van der Waals surface area contributed by atoms with Crippen LogP contribution in [0.5, 0.6) is 0 Å². The number of alkyl halides is 1. The third kappa shape index (κ3) is 8.53. The summed E-state index contributed by atoms with van der Waals surface area (Å²) in [6.45, 7) is -1.06. The Morgan fingerprint density at radius 3 is 2.13 bits per heavy atom. The summed E-state index contributed by atoms with van der Waals surface area (Å²) in [5.41, 5.74) is 28.6. The minimum atomic E-state index is -1.68. The van der Waals surface area contributed by atoms with Crippen LogP contribution >= 0.6 is 0 Å². The van der Waals surface area contributed by atoms with Crippen LogP contribution in [0.1, 0.15) is 30.4 Å². The number of carbonyl (C=O) groups excluding carboxylic acids is 1. The Labute approximate surface area is 257 Å². The first-order valence-corrected chi connectivity index (χ1v) is 14.3. The van der Waals surface area contributed by atoms with Crippen molar-refractivity contribution in [1.82, 2.24) is 4.90 Å². The maximum Gasteiger partial charge on any atom is 0.410 e. The van der Waals surface area contributed by atoms with Crippen LogP contribution in [0, 0.1) is 0 Å². The van der Waals surface area contributed by atoms with Gasteiger partial charge >= 0.3 is 6.09 Å². The highest BCUT2D eigenvalue weighted by atomic mass is 19.1. The highest BCUT2D eigenvalue weighted by Crippen LogP contribution is 2.34. The van der Waals surface area contributed by atoms with Crippen molar-refractivity contribution in [3.05, 3.63) is 103 Å². The molecule has 1 unspecified atom stereocenters. The summed E-state index contributed by atoms with van der Waals surface area (Å²) < 4.78 is 32.6. The standard InChI is InChI=1S/C28H33FN10O6/c29-14-22(39(15-17-7-3-1-4-8-17)28(42)43-16-18-9-5-2-6-10-18)23-12-11-19(33-36-30)27(44-23)45-26-21(35-38-32)13-20(34-37-31)24(40)25(26)41/h1-10,19-27,40-41H,11-16H2/t19?,20-,21+,22-,23+,24+,25-,26-,27-/m1/s1. The number of nitrogens with zero attached hydrogens (tertiary/aromatic N) is 10. The number of aliphatic hydroxyl groups is 2. The summed E-state index contributed by atoms with van der Waals surface area (Å²) in [6.07, 6.45) is -7.55. The Hall–Kier alpha value is -4.59. The van der Waals surface area contributed by atoms with Gasteiger partial charge in [-0.15, -0.1) is 0 Å². The van der Waals surface area contributed by atoms with Crippen molar-refractivity contribution in [3.63, 3.8) is 0 Å². The van der Waals surface area contributed by atoms with Crippen molar-refractivity contribution >= 4 is 6.09 Å². The van der Waals surface area contributed by atoms with E-state index in [0.29, 0.717) is 5.56 Å². The summed E-state index contributed by atoms with van der Waals surface area (Å²) in [4.78, 5) is 23.0. The molecular weight excluding hydrogens is 591 g/mol. The first-order valence-electron chi connectivity index (χ1n) is 14.3. The number of hydrogen-bond acceptors (Lipinski definition) is 9. The number of carbonyl (C=O) groups is 1. The Morgan fingerprint density at radius 2 is 1.51 bits per heavy atom. The van der Waals surface area contributed by atoms with Crippen LogP contribution in [0.25, 0.3) is 31.3 Å². The van der Waals surface area contributed by atoms with Crippen molar-refractivity contribution in [2.45, 2.75) is 87.3 Å². The fourth-order valence-electron chi connectivity index (χ4n) is 5.53. The average Bonchev–Trinajstić information content (AvgIpc) is 3.06. The predicted molar refractivity (Wildman–Crippen MR) is 157 cm³/mol. The monoisotopic (exact) mass is 624 g/mol. The molecule has 0 spiro atoms. The van der Waals surface area contributed by atoms with Gasteiger partial charge in [0.15, 0.2) is 6.29 Å². The second-order valence-electron chi connectivity index (χ2n) is 10.6. The average molecular weight is 625 g/mol. The van der Waals surface area contributed by atoms with E-state index < -0.39 is 67.6 Å². The Bertz CT molecular complexity index is 1410. The lowest BCUT2D eigenvalue weighted by Gasteiger charge is -2.45. The zero-order valence-electron chi connectivity index (χ0n) is 24.1. The highest BCUT2D eigenvalue weighted by molar-refractivity contribution is 5.68. The van der Waals surface area contributed by atoms with E-state index in [0.717, 1.165) is 5.56 Å². The van der Waals surface area contributed by atoms with E-state index in [4.69, 9.17) is 25.3 Å². The van der Waals surface area contributed by atoms with E-state index >= 15 is 0 Å². The van der Waals surface area contributed by atoms with Crippen LogP contribution in [-0.4, -0.2) is 82.8 Å². The molecule has 1 amide bonds. The molecule has 2 aromatic carbocycles. The number of benzene rings is 2. The second kappa shape index (κ2) is 16.5. The van der Waals surface area contributed by atoms with Gasteiger partial charge in [0.1, 0.15) is 19.4 Å². The molecule has 45 heavy (non-hydrogen) atoms. The fourth-order valence-corrected chi connectivity index (χ4v) is 5.53. The third-order valence-electron chi connectivity index (χ3n) is 7.83. The number of halogens is 1. The fraction of sp³-hybridized carbons (Fsp3) is 0.536. The lowest BCUT2D eigenvalue weighted by atomic mass is 9.84. The summed E-state index contributed by atoms with van der Waals surface area (Å²) in [5, 5.41) is 32.2. The topological polar surface area (TPSA) is 235 Å². The molecule has 0 bridgehead atoms. The van der Waals surface area contributed by atoms with Gasteiger partial charge in [0, 0.05) is 21.3 Å². The third-order valence-corrected chi connectivity index (χ3v) is 7.83. The zero-order valence-corrected chi connectivity index (χ0v) is 24.1. The molecular formula is C28H33FN10O6. The molecule has 9 atom stereocenters. The molecule has 0 aromatic heterocycles. The van der Waals surface area contributed by atoms with Gasteiger partial charge in [0.2, 0.25) is 0 Å². The molecule has 4 rings (SSSR count). The summed E-state index contributed by atoms with van der Waals surface area (Å²) in [6, 6.07) is 13.7. The molecule has 238 valence electrons. The molecule has 2 aliphatic rings. The van der Waals surface area contributed by atoms with Crippen LogP contribution in [0.15, 0.2) is 76.0 Å². The number of aliphatic hydroxyl groups excluding tert-OH is 2. The maximum atomic E-state index is 14.9. The van der Waals surface area contributed by atoms with Crippen molar-refractivity contribution < 1.29 is 33.6 Å². The van der Waals surface area contributed by atoms with Crippen LogP contribution in [0.2, 0.25) is 0 Å². The Balaban J connectivity index is 1.58. The first-order chi connectivity index (χ1) is 21.9. The summed E-state index contributed by atoms with van der Waals surface area (Å²) in [5.74, 6) is 0. The molecule has 0 radical (unpaired) electrons. The molecule has 1 aliphatic carbocycles. The summed E-state index contributed by atoms with van der Waals surface area (Å²) in [7, 11) is 0. The molecule has 2 N–H and O–H groups in total. The lowest BCUT2D eigenvalue weighted by Crippen LogP contribution is -2.59. The molecule has 16 nitrogen and oxygen atoms in total. The van der Waals surface area contributed by atoms with E-state index in [-0.39, 0.29) is 32.4 Å². The van der Waals surface area contributed by atoms with E-state index in [1.54, 1.807) is 48.5 Å². The lowest BCUT2D eigenvalue weighted by molar-refractivity contribution is -0.260. The predicted octanol–water partition coefficient (Wildman–Crippen LogP) is 5.22. The van der Waals surface area contributed by atoms with Crippen molar-refractivity contribution in [1.29, 1.82) is 0 Å². The smallest absolute Gasteiger partial charge is 0.410 e. The SMILES string of the molecule is [N-]=[N+]=NC1CC[C@@H]([C@@H](CF)N(Cc2ccccc2)C(=O)OCc2ccccc2)O[C@@H]1O[C@H]1[C@H](O)[C@@H](O)[C@H](N=[N+]=[N-])C[C@@H]1N=[N+]=[N-]. The highest BCUT2D eigenvalue weighted by Gasteiger charge is 2.47. The zero-order chi connectivity index (χ0) is 32.2. The van der Waals surface area contributed by atoms with Gasteiger partial charge in [-0.05, 0) is 47.0 Å². The second-order valence-corrected chi connectivity index (χ2v) is 10.6. The number of amides is 1. The molecule has 17 heteroatoms. The minimum Gasteiger partial charge on any atom is -0.445 e. The number of rotatable bonds is 12. The van der Waals surface area contributed by atoms with Crippen LogP contribution in [0.3, 0.4) is 0 Å². The quantitative estimate of drug-likeness (QED) is 0.182.